The molecule has 0 saturated carbocycles. The molecule has 0 aliphatic heterocycles. The molecule has 124 valence electrons. The number of carbonyl (C=O) groups excluding carboxylic acids is 1. The maximum Gasteiger partial charge on any atom is 0.223 e. The van der Waals surface area contributed by atoms with Gasteiger partial charge >= 0.3 is 0 Å². The topological polar surface area (TPSA) is 56.7 Å². The molecule has 0 radical (unpaired) electrons. The largest absolute Gasteiger partial charge is 0.357 e. The molecule has 0 bridgehead atoms. The number of amides is 1. The van der Waals surface area contributed by atoms with Crippen molar-refractivity contribution in [3.63, 3.8) is 0 Å². The van der Waals surface area contributed by atoms with Crippen molar-refractivity contribution < 1.29 is 4.79 Å². The Hall–Kier alpha value is -1.26. The van der Waals surface area contributed by atoms with E-state index in [2.05, 4.69) is 29.5 Å². The van der Waals surface area contributed by atoms with E-state index in [4.69, 9.17) is 0 Å². The lowest BCUT2D eigenvalue weighted by atomic mass is 10.1. The SMILES string of the molecule is CCCCCCC(C)NC(=NCCC(=O)N(C)C)NCC. The van der Waals surface area contributed by atoms with Gasteiger partial charge in [0.2, 0.25) is 5.91 Å². The van der Waals surface area contributed by atoms with E-state index >= 15 is 0 Å². The van der Waals surface area contributed by atoms with Crippen LogP contribution in [0.1, 0.15) is 59.3 Å². The molecule has 0 aromatic rings. The van der Waals surface area contributed by atoms with E-state index in [0.29, 0.717) is 19.0 Å². The number of nitrogens with zero attached hydrogens (tertiary/aromatic N) is 2. The number of rotatable bonds is 10. The highest BCUT2D eigenvalue weighted by Gasteiger charge is 2.06. The summed E-state index contributed by atoms with van der Waals surface area (Å²) in [5.41, 5.74) is 0. The van der Waals surface area contributed by atoms with Crippen LogP contribution in [0.5, 0.6) is 0 Å². The van der Waals surface area contributed by atoms with Crippen molar-refractivity contribution in [2.24, 2.45) is 4.99 Å². The Labute approximate surface area is 130 Å². The van der Waals surface area contributed by atoms with Crippen molar-refractivity contribution in [1.82, 2.24) is 15.5 Å². The molecular weight excluding hydrogens is 264 g/mol. The van der Waals surface area contributed by atoms with E-state index in [-0.39, 0.29) is 5.91 Å². The molecule has 0 heterocycles. The fourth-order valence-electron chi connectivity index (χ4n) is 1.99. The third-order valence-electron chi connectivity index (χ3n) is 3.31. The molecule has 2 N–H and O–H groups in total. The Kier molecular flexibility index (Phi) is 11.7. The predicted molar refractivity (Wildman–Crippen MR) is 90.6 cm³/mol. The van der Waals surface area contributed by atoms with Crippen molar-refractivity contribution in [1.29, 1.82) is 0 Å². The molecule has 5 nitrogen and oxygen atoms in total. The molecular formula is C16H34N4O. The Balaban J connectivity index is 4.11. The van der Waals surface area contributed by atoms with Crippen molar-refractivity contribution in [3.8, 4) is 0 Å². The van der Waals surface area contributed by atoms with Gasteiger partial charge < -0.3 is 15.5 Å². The fourth-order valence-corrected chi connectivity index (χ4v) is 1.99. The van der Waals surface area contributed by atoms with Crippen LogP contribution in [0.4, 0.5) is 0 Å². The Morgan fingerprint density at radius 2 is 1.90 bits per heavy atom. The lowest BCUT2D eigenvalue weighted by Gasteiger charge is -2.18. The minimum absolute atomic E-state index is 0.113. The molecule has 0 aliphatic rings. The van der Waals surface area contributed by atoms with Gasteiger partial charge in [0, 0.05) is 33.1 Å². The summed E-state index contributed by atoms with van der Waals surface area (Å²) in [6, 6.07) is 0.407. The van der Waals surface area contributed by atoms with Crippen molar-refractivity contribution in [2.45, 2.75) is 65.3 Å². The van der Waals surface area contributed by atoms with Gasteiger partial charge in [-0.05, 0) is 20.3 Å². The first-order chi connectivity index (χ1) is 10.0. The summed E-state index contributed by atoms with van der Waals surface area (Å²) < 4.78 is 0. The minimum Gasteiger partial charge on any atom is -0.357 e. The quantitative estimate of drug-likeness (QED) is 0.370. The molecule has 0 aromatic carbocycles. The van der Waals surface area contributed by atoms with Crippen LogP contribution >= 0.6 is 0 Å². The molecule has 21 heavy (non-hydrogen) atoms. The maximum atomic E-state index is 11.5. The highest BCUT2D eigenvalue weighted by atomic mass is 16.2. The van der Waals surface area contributed by atoms with E-state index in [1.165, 1.54) is 25.7 Å². The maximum absolute atomic E-state index is 11.5. The van der Waals surface area contributed by atoms with Crippen LogP contribution in [0.3, 0.4) is 0 Å². The first kappa shape index (κ1) is 19.7. The summed E-state index contributed by atoms with van der Waals surface area (Å²) in [5, 5.41) is 6.64. The van der Waals surface area contributed by atoms with Crippen LogP contribution in [-0.2, 0) is 4.79 Å². The first-order valence-corrected chi connectivity index (χ1v) is 8.26. The number of unbranched alkanes of at least 4 members (excludes halogenated alkanes) is 3. The fraction of sp³-hybridized carbons (Fsp3) is 0.875. The van der Waals surface area contributed by atoms with E-state index in [1.54, 1.807) is 19.0 Å². The predicted octanol–water partition coefficient (Wildman–Crippen LogP) is 2.38. The Morgan fingerprint density at radius 3 is 2.48 bits per heavy atom. The van der Waals surface area contributed by atoms with Gasteiger partial charge in [-0.15, -0.1) is 0 Å². The van der Waals surface area contributed by atoms with Crippen molar-refractivity contribution >= 4 is 11.9 Å². The molecule has 0 fully saturated rings. The summed E-state index contributed by atoms with van der Waals surface area (Å²) in [4.78, 5) is 17.6. The number of aliphatic imine (C=N–C) groups is 1. The second-order valence-electron chi connectivity index (χ2n) is 5.69. The van der Waals surface area contributed by atoms with Crippen molar-refractivity contribution in [3.05, 3.63) is 0 Å². The minimum atomic E-state index is 0.113. The third-order valence-corrected chi connectivity index (χ3v) is 3.31. The number of guanidine groups is 1. The smallest absolute Gasteiger partial charge is 0.223 e. The molecule has 0 rings (SSSR count). The van der Waals surface area contributed by atoms with E-state index in [9.17, 15) is 4.79 Å². The van der Waals surface area contributed by atoms with E-state index in [1.807, 2.05) is 6.92 Å². The monoisotopic (exact) mass is 298 g/mol. The zero-order valence-corrected chi connectivity index (χ0v) is 14.5. The van der Waals surface area contributed by atoms with Gasteiger partial charge in [-0.2, -0.15) is 0 Å². The summed E-state index contributed by atoms with van der Waals surface area (Å²) >= 11 is 0. The average Bonchev–Trinajstić information content (AvgIpc) is 2.43. The zero-order valence-electron chi connectivity index (χ0n) is 14.5. The lowest BCUT2D eigenvalue weighted by Crippen LogP contribution is -2.42. The highest BCUT2D eigenvalue weighted by Crippen LogP contribution is 2.05. The summed E-state index contributed by atoms with van der Waals surface area (Å²) in [7, 11) is 3.54. The van der Waals surface area contributed by atoms with E-state index < -0.39 is 0 Å². The van der Waals surface area contributed by atoms with Crippen LogP contribution in [0, 0.1) is 0 Å². The van der Waals surface area contributed by atoms with Crippen LogP contribution < -0.4 is 10.6 Å². The number of nitrogens with one attached hydrogen (secondary N) is 2. The van der Waals surface area contributed by atoms with Gasteiger partial charge in [0.05, 0.1) is 6.54 Å². The van der Waals surface area contributed by atoms with Gasteiger partial charge in [0.15, 0.2) is 5.96 Å². The van der Waals surface area contributed by atoms with E-state index in [0.717, 1.165) is 18.9 Å². The third kappa shape index (κ3) is 11.1. The Morgan fingerprint density at radius 1 is 1.19 bits per heavy atom. The van der Waals surface area contributed by atoms with Crippen LogP contribution in [0.15, 0.2) is 4.99 Å². The van der Waals surface area contributed by atoms with Crippen LogP contribution in [0.25, 0.3) is 0 Å². The van der Waals surface area contributed by atoms with Gasteiger partial charge in [-0.1, -0.05) is 32.6 Å². The summed E-state index contributed by atoms with van der Waals surface area (Å²) in [6.07, 6.45) is 6.74. The number of carbonyl (C=O) groups is 1. The molecule has 0 aliphatic carbocycles. The van der Waals surface area contributed by atoms with Gasteiger partial charge in [0.25, 0.3) is 0 Å². The average molecular weight is 298 g/mol. The molecule has 5 heteroatoms. The molecule has 1 atom stereocenters. The van der Waals surface area contributed by atoms with Crippen LogP contribution in [-0.4, -0.2) is 50.0 Å². The second kappa shape index (κ2) is 12.5. The second-order valence-corrected chi connectivity index (χ2v) is 5.69. The number of hydrogen-bond donors (Lipinski definition) is 2. The molecule has 0 saturated heterocycles. The van der Waals surface area contributed by atoms with Gasteiger partial charge in [-0.25, -0.2) is 0 Å². The first-order valence-electron chi connectivity index (χ1n) is 8.26. The summed E-state index contributed by atoms with van der Waals surface area (Å²) in [5.74, 6) is 0.925. The zero-order chi connectivity index (χ0) is 16.1. The van der Waals surface area contributed by atoms with Crippen molar-refractivity contribution in [2.75, 3.05) is 27.2 Å². The van der Waals surface area contributed by atoms with Crippen LogP contribution in [0.2, 0.25) is 0 Å². The normalized spacial score (nSPS) is 12.9. The summed E-state index contributed by atoms with van der Waals surface area (Å²) in [6.45, 7) is 7.81. The standard InChI is InChI=1S/C16H34N4O/c1-6-8-9-10-11-14(3)19-16(17-7-2)18-13-12-15(21)20(4)5/h14H,6-13H2,1-5H3,(H2,17,18,19). The molecule has 0 aromatic heterocycles. The lowest BCUT2D eigenvalue weighted by molar-refractivity contribution is -0.128. The molecule has 1 unspecified atom stereocenters. The van der Waals surface area contributed by atoms with Gasteiger partial charge in [-0.3, -0.25) is 9.79 Å². The Bertz CT molecular complexity index is 303. The molecule has 0 spiro atoms. The molecule has 1 amide bonds. The van der Waals surface area contributed by atoms with Gasteiger partial charge in [0.1, 0.15) is 0 Å². The number of hydrogen-bond acceptors (Lipinski definition) is 2. The highest BCUT2D eigenvalue weighted by molar-refractivity contribution is 5.81.